The molecule has 3 heteroatoms. The van der Waals surface area contributed by atoms with Gasteiger partial charge in [-0.05, 0) is 56.9 Å². The third kappa shape index (κ3) is 2.58. The molecule has 0 aliphatic heterocycles. The zero-order valence-corrected chi connectivity index (χ0v) is 12.5. The molecule has 0 spiro atoms. The van der Waals surface area contributed by atoms with Gasteiger partial charge >= 0.3 is 0 Å². The molecule has 0 aliphatic carbocycles. The van der Waals surface area contributed by atoms with Crippen LogP contribution >= 0.6 is 0 Å². The molecule has 2 rings (SSSR count). The van der Waals surface area contributed by atoms with Crippen LogP contribution in [0.4, 0.5) is 5.82 Å². The number of pyridine rings is 2. The Bertz CT molecular complexity index is 783. The first-order chi connectivity index (χ1) is 9.54. The van der Waals surface area contributed by atoms with Gasteiger partial charge in [-0.1, -0.05) is 5.92 Å². The van der Waals surface area contributed by atoms with E-state index in [-0.39, 0.29) is 0 Å². The van der Waals surface area contributed by atoms with Crippen LogP contribution in [-0.2, 0) is 0 Å². The quantitative estimate of drug-likeness (QED) is 0.585. The van der Waals surface area contributed by atoms with Crippen LogP contribution < -0.4 is 4.90 Å². The molecule has 2 aromatic rings. The molecular formula is C17H17N3. The number of rotatable bonds is 1. The Hall–Kier alpha value is -2.52. The van der Waals surface area contributed by atoms with Gasteiger partial charge in [0.2, 0.25) is 0 Å². The fourth-order valence-electron chi connectivity index (χ4n) is 1.95. The summed E-state index contributed by atoms with van der Waals surface area (Å²) in [5.41, 5.74) is 4.24. The van der Waals surface area contributed by atoms with Gasteiger partial charge in [0.15, 0.2) is 5.65 Å². The second-order valence-electron chi connectivity index (χ2n) is 4.66. The zero-order valence-electron chi connectivity index (χ0n) is 12.5. The van der Waals surface area contributed by atoms with E-state index >= 15 is 0 Å². The van der Waals surface area contributed by atoms with E-state index < -0.39 is 0 Å². The summed E-state index contributed by atoms with van der Waals surface area (Å²) in [5, 5.41) is 1.09. The summed E-state index contributed by atoms with van der Waals surface area (Å²) < 4.78 is 0. The molecule has 0 atom stereocenters. The highest BCUT2D eigenvalue weighted by molar-refractivity contribution is 5.82. The van der Waals surface area contributed by atoms with E-state index in [0.29, 0.717) is 0 Å². The standard InChI is InChI=1S/C17H17N3/c1-6-7-8-11-20(5)16-10-9-15-13(3)12(2)14(4)18-17(15)19-16/h9-10H,1-5H3. The van der Waals surface area contributed by atoms with Crippen molar-refractivity contribution >= 4 is 16.9 Å². The van der Waals surface area contributed by atoms with Crippen LogP contribution in [0.15, 0.2) is 12.1 Å². The topological polar surface area (TPSA) is 29.0 Å². The van der Waals surface area contributed by atoms with Gasteiger partial charge in [-0.25, -0.2) is 9.97 Å². The number of hydrogen-bond donors (Lipinski definition) is 0. The van der Waals surface area contributed by atoms with Gasteiger partial charge in [-0.15, -0.1) is 0 Å². The number of fused-ring (bicyclic) bond motifs is 1. The molecule has 3 nitrogen and oxygen atoms in total. The Morgan fingerprint density at radius 1 is 1.00 bits per heavy atom. The minimum atomic E-state index is 0.762. The molecule has 0 saturated carbocycles. The van der Waals surface area contributed by atoms with E-state index in [0.717, 1.165) is 22.5 Å². The van der Waals surface area contributed by atoms with Crippen molar-refractivity contribution in [2.45, 2.75) is 27.7 Å². The highest BCUT2D eigenvalue weighted by Gasteiger charge is 2.08. The fraction of sp³-hybridized carbons (Fsp3) is 0.294. The van der Waals surface area contributed by atoms with E-state index in [1.807, 2.05) is 20.0 Å². The van der Waals surface area contributed by atoms with Gasteiger partial charge in [0.05, 0.1) is 0 Å². The van der Waals surface area contributed by atoms with Crippen molar-refractivity contribution in [2.24, 2.45) is 0 Å². The van der Waals surface area contributed by atoms with E-state index in [4.69, 9.17) is 0 Å². The largest absolute Gasteiger partial charge is 0.288 e. The molecule has 0 saturated heterocycles. The molecule has 0 unspecified atom stereocenters. The number of aromatic nitrogens is 2. The molecule has 0 radical (unpaired) electrons. The van der Waals surface area contributed by atoms with Crippen molar-refractivity contribution in [1.29, 1.82) is 0 Å². The third-order valence-corrected chi connectivity index (χ3v) is 3.40. The molecule has 2 aromatic heterocycles. The van der Waals surface area contributed by atoms with Gasteiger partial charge in [0.1, 0.15) is 5.82 Å². The highest BCUT2D eigenvalue weighted by Crippen LogP contribution is 2.22. The van der Waals surface area contributed by atoms with Crippen LogP contribution in [0.3, 0.4) is 0 Å². The molecule has 2 heterocycles. The maximum absolute atomic E-state index is 4.58. The predicted octanol–water partition coefficient (Wildman–Crippen LogP) is 2.98. The van der Waals surface area contributed by atoms with Gasteiger partial charge < -0.3 is 0 Å². The number of nitrogens with zero attached hydrogens (tertiary/aromatic N) is 3. The lowest BCUT2D eigenvalue weighted by atomic mass is 10.1. The molecular weight excluding hydrogens is 246 g/mol. The summed E-state index contributed by atoms with van der Waals surface area (Å²) in [4.78, 5) is 10.9. The summed E-state index contributed by atoms with van der Waals surface area (Å²) in [5.74, 6) is 9.00. The molecule has 0 N–H and O–H groups in total. The van der Waals surface area contributed by atoms with Crippen LogP contribution in [-0.4, -0.2) is 17.0 Å². The fourth-order valence-corrected chi connectivity index (χ4v) is 1.95. The second kappa shape index (κ2) is 5.63. The van der Waals surface area contributed by atoms with Crippen molar-refractivity contribution in [3.8, 4) is 23.8 Å². The van der Waals surface area contributed by atoms with Gasteiger partial charge in [0.25, 0.3) is 0 Å². The van der Waals surface area contributed by atoms with Gasteiger partial charge in [-0.2, -0.15) is 0 Å². The second-order valence-corrected chi connectivity index (χ2v) is 4.66. The Kier molecular flexibility index (Phi) is 3.91. The van der Waals surface area contributed by atoms with Crippen LogP contribution in [0.2, 0.25) is 0 Å². The van der Waals surface area contributed by atoms with E-state index in [2.05, 4.69) is 53.7 Å². The van der Waals surface area contributed by atoms with Gasteiger partial charge in [0, 0.05) is 30.1 Å². The zero-order chi connectivity index (χ0) is 14.7. The normalized spacial score (nSPS) is 9.45. The first-order valence-corrected chi connectivity index (χ1v) is 6.45. The van der Waals surface area contributed by atoms with E-state index in [1.54, 1.807) is 11.8 Å². The molecule has 100 valence electrons. The number of anilines is 1. The lowest BCUT2D eigenvalue weighted by molar-refractivity contribution is 1.11. The summed E-state index contributed by atoms with van der Waals surface area (Å²) in [6, 6.07) is 6.93. The maximum atomic E-state index is 4.58. The lowest BCUT2D eigenvalue weighted by Crippen LogP contribution is -2.11. The minimum Gasteiger partial charge on any atom is -0.288 e. The molecule has 0 aliphatic rings. The van der Waals surface area contributed by atoms with Crippen molar-refractivity contribution in [1.82, 2.24) is 9.97 Å². The maximum Gasteiger partial charge on any atom is 0.162 e. The average Bonchev–Trinajstić information content (AvgIpc) is 2.44. The Morgan fingerprint density at radius 2 is 1.75 bits per heavy atom. The van der Waals surface area contributed by atoms with Crippen LogP contribution in [0.25, 0.3) is 11.0 Å². The van der Waals surface area contributed by atoms with Crippen molar-refractivity contribution < 1.29 is 0 Å². The van der Waals surface area contributed by atoms with Gasteiger partial charge in [-0.3, -0.25) is 4.90 Å². The van der Waals surface area contributed by atoms with E-state index in [9.17, 15) is 0 Å². The van der Waals surface area contributed by atoms with Crippen molar-refractivity contribution in [3.05, 3.63) is 29.0 Å². The Labute approximate surface area is 120 Å². The van der Waals surface area contributed by atoms with Crippen LogP contribution in [0, 0.1) is 44.6 Å². The molecule has 0 amide bonds. The Balaban J connectivity index is 2.52. The molecule has 0 aromatic carbocycles. The van der Waals surface area contributed by atoms with Crippen LogP contribution in [0.5, 0.6) is 0 Å². The SMILES string of the molecule is CC#CC#CN(C)c1ccc2c(C)c(C)c(C)nc2n1. The molecule has 20 heavy (non-hydrogen) atoms. The highest BCUT2D eigenvalue weighted by atomic mass is 15.1. The average molecular weight is 263 g/mol. The smallest absolute Gasteiger partial charge is 0.162 e. The van der Waals surface area contributed by atoms with Crippen molar-refractivity contribution in [2.75, 3.05) is 11.9 Å². The third-order valence-electron chi connectivity index (χ3n) is 3.40. The lowest BCUT2D eigenvalue weighted by Gasteiger charge is -2.12. The predicted molar refractivity (Wildman–Crippen MR) is 83.4 cm³/mol. The minimum absolute atomic E-state index is 0.762. The van der Waals surface area contributed by atoms with E-state index in [1.165, 1.54) is 11.1 Å². The molecule has 0 bridgehead atoms. The summed E-state index contributed by atoms with van der Waals surface area (Å²) in [7, 11) is 1.87. The Morgan fingerprint density at radius 3 is 2.45 bits per heavy atom. The monoisotopic (exact) mass is 263 g/mol. The number of hydrogen-bond acceptors (Lipinski definition) is 3. The summed E-state index contributed by atoms with van der Waals surface area (Å²) >= 11 is 0. The van der Waals surface area contributed by atoms with Crippen molar-refractivity contribution in [3.63, 3.8) is 0 Å². The summed E-state index contributed by atoms with van der Waals surface area (Å²) in [6.45, 7) is 7.97. The summed E-state index contributed by atoms with van der Waals surface area (Å²) in [6.07, 6.45) is 0. The first kappa shape index (κ1) is 13.9. The van der Waals surface area contributed by atoms with Crippen LogP contribution in [0.1, 0.15) is 23.7 Å². The number of aryl methyl sites for hydroxylation is 2. The first-order valence-electron chi connectivity index (χ1n) is 6.45. The molecule has 0 fully saturated rings.